The van der Waals surface area contributed by atoms with Crippen molar-refractivity contribution in [2.24, 2.45) is 0 Å². The molecule has 0 bridgehead atoms. The van der Waals surface area contributed by atoms with Crippen LogP contribution < -0.4 is 10.1 Å². The van der Waals surface area contributed by atoms with Crippen LogP contribution in [0, 0.1) is 5.82 Å². The van der Waals surface area contributed by atoms with E-state index in [1.165, 1.54) is 42.6 Å². The lowest BCUT2D eigenvalue weighted by molar-refractivity contribution is -0.111. The summed E-state index contributed by atoms with van der Waals surface area (Å²) in [5.74, 6) is -0.775. The summed E-state index contributed by atoms with van der Waals surface area (Å²) in [6, 6.07) is 9.96. The fraction of sp³-hybridized carbons (Fsp3) is 0.100. The SMILES string of the molecule is O=C(/C=C\c1ccc(OC(F)F)cc1)Nc1cnn(Cc2ccc(F)cc2Cl)c1. The van der Waals surface area contributed by atoms with E-state index < -0.39 is 18.3 Å². The summed E-state index contributed by atoms with van der Waals surface area (Å²) in [5.41, 5.74) is 1.80. The van der Waals surface area contributed by atoms with Crippen molar-refractivity contribution in [2.45, 2.75) is 13.2 Å². The van der Waals surface area contributed by atoms with Crippen LogP contribution in [0.1, 0.15) is 11.1 Å². The summed E-state index contributed by atoms with van der Waals surface area (Å²) < 4.78 is 43.2. The Bertz CT molecular complexity index is 1020. The Balaban J connectivity index is 1.56. The first kappa shape index (κ1) is 20.5. The number of hydrogen-bond donors (Lipinski definition) is 1. The fourth-order valence-corrected chi connectivity index (χ4v) is 2.68. The van der Waals surface area contributed by atoms with E-state index in [0.717, 1.165) is 0 Å². The van der Waals surface area contributed by atoms with Crippen LogP contribution in [0.2, 0.25) is 5.02 Å². The van der Waals surface area contributed by atoms with E-state index in [-0.39, 0.29) is 5.75 Å². The normalized spacial score (nSPS) is 11.2. The molecule has 3 rings (SSSR count). The van der Waals surface area contributed by atoms with Crippen molar-refractivity contribution in [3.63, 3.8) is 0 Å². The molecule has 0 aliphatic heterocycles. The maximum absolute atomic E-state index is 13.1. The Morgan fingerprint density at radius 2 is 2.00 bits per heavy atom. The molecule has 0 saturated carbocycles. The molecule has 2 aromatic carbocycles. The van der Waals surface area contributed by atoms with Gasteiger partial charge in [-0.15, -0.1) is 0 Å². The highest BCUT2D eigenvalue weighted by molar-refractivity contribution is 6.31. The summed E-state index contributed by atoms with van der Waals surface area (Å²) in [5, 5.41) is 7.07. The summed E-state index contributed by atoms with van der Waals surface area (Å²) in [6.45, 7) is -2.57. The smallest absolute Gasteiger partial charge is 0.387 e. The van der Waals surface area contributed by atoms with Gasteiger partial charge in [-0.05, 0) is 41.5 Å². The summed E-state index contributed by atoms with van der Waals surface area (Å²) in [4.78, 5) is 12.0. The molecule has 1 heterocycles. The van der Waals surface area contributed by atoms with Crippen molar-refractivity contribution < 1.29 is 22.7 Å². The zero-order valence-corrected chi connectivity index (χ0v) is 15.6. The van der Waals surface area contributed by atoms with Gasteiger partial charge in [0, 0.05) is 17.3 Å². The van der Waals surface area contributed by atoms with Crippen LogP contribution in [0.5, 0.6) is 5.75 Å². The number of hydrogen-bond acceptors (Lipinski definition) is 3. The van der Waals surface area contributed by atoms with Crippen molar-refractivity contribution in [3.05, 3.63) is 82.9 Å². The molecule has 0 saturated heterocycles. The van der Waals surface area contributed by atoms with Gasteiger partial charge in [0.15, 0.2) is 0 Å². The number of nitrogens with one attached hydrogen (secondary N) is 1. The molecule has 0 fully saturated rings. The van der Waals surface area contributed by atoms with E-state index in [9.17, 15) is 18.0 Å². The first-order valence-electron chi connectivity index (χ1n) is 8.39. The minimum absolute atomic E-state index is 0.0373. The van der Waals surface area contributed by atoms with Crippen LogP contribution in [0.4, 0.5) is 18.9 Å². The number of ether oxygens (including phenoxy) is 1. The van der Waals surface area contributed by atoms with Crippen molar-refractivity contribution in [3.8, 4) is 5.75 Å². The predicted molar refractivity (Wildman–Crippen MR) is 103 cm³/mol. The summed E-state index contributed by atoms with van der Waals surface area (Å²) in [6.07, 6.45) is 5.92. The lowest BCUT2D eigenvalue weighted by Gasteiger charge is -2.04. The van der Waals surface area contributed by atoms with Gasteiger partial charge in [-0.25, -0.2) is 4.39 Å². The van der Waals surface area contributed by atoms with Crippen molar-refractivity contribution in [2.75, 3.05) is 5.32 Å². The van der Waals surface area contributed by atoms with Crippen molar-refractivity contribution in [1.29, 1.82) is 0 Å². The molecule has 5 nitrogen and oxygen atoms in total. The number of rotatable bonds is 7. The Hall–Kier alpha value is -3.26. The maximum Gasteiger partial charge on any atom is 0.387 e. The van der Waals surface area contributed by atoms with Crippen LogP contribution in [-0.2, 0) is 11.3 Å². The monoisotopic (exact) mass is 421 g/mol. The number of carbonyl (C=O) groups excluding carboxylic acids is 1. The number of carbonyl (C=O) groups is 1. The Morgan fingerprint density at radius 1 is 1.24 bits per heavy atom. The van der Waals surface area contributed by atoms with Gasteiger partial charge >= 0.3 is 6.61 Å². The standard InChI is InChI=1S/C20H15ClF3N3O2/c21-18-9-15(22)5-4-14(18)11-27-12-16(10-25-27)26-19(28)8-3-13-1-6-17(7-2-13)29-20(23)24/h1-10,12,20H,11H2,(H,26,28)/b8-3-. The highest BCUT2D eigenvalue weighted by Crippen LogP contribution is 2.19. The van der Waals surface area contributed by atoms with Gasteiger partial charge in [-0.2, -0.15) is 13.9 Å². The minimum Gasteiger partial charge on any atom is -0.435 e. The van der Waals surface area contributed by atoms with Gasteiger partial charge in [0.25, 0.3) is 0 Å². The van der Waals surface area contributed by atoms with E-state index in [0.29, 0.717) is 28.4 Å². The number of amides is 1. The number of halogens is 4. The second-order valence-electron chi connectivity index (χ2n) is 5.93. The number of anilines is 1. The lowest BCUT2D eigenvalue weighted by atomic mass is 10.2. The quantitative estimate of drug-likeness (QED) is 0.547. The number of benzene rings is 2. The van der Waals surface area contributed by atoms with Crippen LogP contribution >= 0.6 is 11.6 Å². The topological polar surface area (TPSA) is 56.1 Å². The largest absolute Gasteiger partial charge is 0.435 e. The van der Waals surface area contributed by atoms with E-state index in [4.69, 9.17) is 11.6 Å². The molecule has 1 amide bonds. The average Bonchev–Trinajstić information content (AvgIpc) is 3.10. The highest BCUT2D eigenvalue weighted by atomic mass is 35.5. The molecule has 0 radical (unpaired) electrons. The molecule has 150 valence electrons. The van der Waals surface area contributed by atoms with Gasteiger partial charge in [0.2, 0.25) is 5.91 Å². The molecule has 0 aliphatic carbocycles. The zero-order valence-electron chi connectivity index (χ0n) is 14.9. The highest BCUT2D eigenvalue weighted by Gasteiger charge is 2.06. The molecule has 0 aliphatic rings. The molecular formula is C20H15ClF3N3O2. The van der Waals surface area contributed by atoms with Crippen LogP contribution in [0.3, 0.4) is 0 Å². The molecule has 0 spiro atoms. The molecule has 3 aromatic rings. The molecule has 1 aromatic heterocycles. The molecule has 0 atom stereocenters. The van der Waals surface area contributed by atoms with Gasteiger partial charge < -0.3 is 10.1 Å². The minimum atomic E-state index is -2.89. The second-order valence-corrected chi connectivity index (χ2v) is 6.34. The first-order valence-corrected chi connectivity index (χ1v) is 8.77. The van der Waals surface area contributed by atoms with E-state index >= 15 is 0 Å². The number of nitrogens with zero attached hydrogens (tertiary/aromatic N) is 2. The van der Waals surface area contributed by atoms with E-state index in [2.05, 4.69) is 15.2 Å². The third-order valence-electron chi connectivity index (χ3n) is 3.78. The molecule has 29 heavy (non-hydrogen) atoms. The molecular weight excluding hydrogens is 407 g/mol. The van der Waals surface area contributed by atoms with Crippen LogP contribution in [0.25, 0.3) is 6.08 Å². The van der Waals surface area contributed by atoms with Crippen LogP contribution in [0.15, 0.2) is 60.9 Å². The zero-order chi connectivity index (χ0) is 20.8. The second kappa shape index (κ2) is 9.29. The Kier molecular flexibility index (Phi) is 6.56. The summed E-state index contributed by atoms with van der Waals surface area (Å²) >= 11 is 6.00. The van der Waals surface area contributed by atoms with Gasteiger partial charge in [-0.3, -0.25) is 9.48 Å². The molecule has 1 N–H and O–H groups in total. The number of alkyl halides is 2. The Labute approximate surface area is 169 Å². The van der Waals surface area contributed by atoms with E-state index in [1.54, 1.807) is 29.1 Å². The van der Waals surface area contributed by atoms with E-state index in [1.807, 2.05) is 0 Å². The maximum atomic E-state index is 13.1. The third-order valence-corrected chi connectivity index (χ3v) is 4.13. The summed E-state index contributed by atoms with van der Waals surface area (Å²) in [7, 11) is 0. The third kappa shape index (κ3) is 6.11. The number of aromatic nitrogens is 2. The first-order chi connectivity index (χ1) is 13.9. The van der Waals surface area contributed by atoms with Crippen molar-refractivity contribution in [1.82, 2.24) is 9.78 Å². The molecule has 9 heteroatoms. The predicted octanol–water partition coefficient (Wildman–Crippen LogP) is 4.98. The van der Waals surface area contributed by atoms with Crippen LogP contribution in [-0.4, -0.2) is 22.3 Å². The fourth-order valence-electron chi connectivity index (χ4n) is 2.46. The van der Waals surface area contributed by atoms with Gasteiger partial charge in [0.05, 0.1) is 18.4 Å². The van der Waals surface area contributed by atoms with Crippen molar-refractivity contribution >= 4 is 29.3 Å². The van der Waals surface area contributed by atoms with Gasteiger partial charge in [-0.1, -0.05) is 29.8 Å². The lowest BCUT2D eigenvalue weighted by Crippen LogP contribution is -2.07. The average molecular weight is 422 g/mol. The molecule has 0 unspecified atom stereocenters. The van der Waals surface area contributed by atoms with Gasteiger partial charge in [0.1, 0.15) is 11.6 Å². The Morgan fingerprint density at radius 3 is 2.69 bits per heavy atom.